The molecule has 0 fully saturated rings. The van der Waals surface area contributed by atoms with Gasteiger partial charge in [-0.1, -0.05) is 0 Å². The van der Waals surface area contributed by atoms with Gasteiger partial charge in [0.2, 0.25) is 0 Å². The van der Waals surface area contributed by atoms with Crippen molar-refractivity contribution < 1.29 is 4.74 Å². The van der Waals surface area contributed by atoms with E-state index in [-0.39, 0.29) is 0 Å². The Bertz CT molecular complexity index is 505. The average Bonchev–Trinajstić information content (AvgIpc) is 2.68. The molecule has 4 heteroatoms. The molecule has 0 saturated heterocycles. The van der Waals surface area contributed by atoms with Crippen LogP contribution in [0.5, 0.6) is 5.75 Å². The van der Waals surface area contributed by atoms with E-state index in [1.54, 1.807) is 0 Å². The molecule has 0 unspecified atom stereocenters. The maximum atomic E-state index is 5.80. The van der Waals surface area contributed by atoms with Crippen LogP contribution in [0.3, 0.4) is 0 Å². The number of aryl methyl sites for hydroxylation is 1. The van der Waals surface area contributed by atoms with Crippen LogP contribution in [-0.4, -0.2) is 16.4 Å². The maximum Gasteiger partial charge on any atom is 0.124 e. The van der Waals surface area contributed by atoms with Gasteiger partial charge in [0.1, 0.15) is 5.75 Å². The van der Waals surface area contributed by atoms with Crippen LogP contribution in [0.4, 0.5) is 5.69 Å². The molecule has 0 aliphatic carbocycles. The molecule has 0 radical (unpaired) electrons. The van der Waals surface area contributed by atoms with Crippen molar-refractivity contribution >= 4 is 5.69 Å². The summed E-state index contributed by atoms with van der Waals surface area (Å²) in [6, 6.07) is 7.67. The number of aromatic nitrogens is 2. The Hall–Kier alpha value is -1.97. The molecule has 2 rings (SSSR count). The third kappa shape index (κ3) is 2.78. The van der Waals surface area contributed by atoms with Crippen molar-refractivity contribution in [2.45, 2.75) is 20.4 Å². The van der Waals surface area contributed by atoms with Crippen LogP contribution in [0.2, 0.25) is 0 Å². The van der Waals surface area contributed by atoms with Crippen LogP contribution in [-0.2, 0) is 6.54 Å². The monoisotopic (exact) mass is 231 g/mol. The number of rotatable bonds is 4. The van der Waals surface area contributed by atoms with Gasteiger partial charge in [0.15, 0.2) is 0 Å². The summed E-state index contributed by atoms with van der Waals surface area (Å²) >= 11 is 0. The first-order chi connectivity index (χ1) is 8.19. The highest BCUT2D eigenvalue weighted by molar-refractivity contribution is 5.47. The minimum Gasteiger partial charge on any atom is -0.494 e. The number of ether oxygens (including phenoxy) is 1. The number of nitrogen functional groups attached to an aromatic ring is 1. The molecule has 0 bridgehead atoms. The van der Waals surface area contributed by atoms with E-state index in [2.05, 4.69) is 5.10 Å². The highest BCUT2D eigenvalue weighted by atomic mass is 16.5. The van der Waals surface area contributed by atoms with E-state index in [1.165, 1.54) is 0 Å². The molecule has 1 heterocycles. The topological polar surface area (TPSA) is 53.1 Å². The lowest BCUT2D eigenvalue weighted by Crippen LogP contribution is -2.04. The van der Waals surface area contributed by atoms with Crippen molar-refractivity contribution in [3.05, 3.63) is 41.7 Å². The molecule has 1 aromatic carbocycles. The molecule has 2 N–H and O–H groups in total. The van der Waals surface area contributed by atoms with Gasteiger partial charge in [-0.05, 0) is 38.1 Å². The zero-order chi connectivity index (χ0) is 12.3. The van der Waals surface area contributed by atoms with E-state index in [0.717, 1.165) is 22.7 Å². The van der Waals surface area contributed by atoms with Crippen LogP contribution < -0.4 is 10.5 Å². The molecule has 0 aliphatic heterocycles. The summed E-state index contributed by atoms with van der Waals surface area (Å²) in [6.07, 6.45) is 1.95. The zero-order valence-corrected chi connectivity index (χ0v) is 10.2. The number of hydrogen-bond donors (Lipinski definition) is 1. The molecule has 90 valence electrons. The summed E-state index contributed by atoms with van der Waals surface area (Å²) in [5.41, 5.74) is 8.60. The lowest BCUT2D eigenvalue weighted by Gasteiger charge is -2.11. The molecule has 2 aromatic rings. The lowest BCUT2D eigenvalue weighted by atomic mass is 10.2. The Morgan fingerprint density at radius 1 is 1.35 bits per heavy atom. The molecule has 4 nitrogen and oxygen atoms in total. The SMILES string of the molecule is CCOc1ccc(N)cc1Cn1ccc(C)n1. The van der Waals surface area contributed by atoms with Crippen molar-refractivity contribution in [2.75, 3.05) is 12.3 Å². The standard InChI is InChI=1S/C13H17N3O/c1-3-17-13-5-4-12(14)8-11(13)9-16-7-6-10(2)15-16/h4-8H,3,9,14H2,1-2H3. The first kappa shape index (κ1) is 11.5. The highest BCUT2D eigenvalue weighted by Crippen LogP contribution is 2.22. The fourth-order valence-corrected chi connectivity index (χ4v) is 1.75. The third-order valence-electron chi connectivity index (χ3n) is 2.49. The van der Waals surface area contributed by atoms with Crippen molar-refractivity contribution in [1.29, 1.82) is 0 Å². The molecule has 0 saturated carbocycles. The molecule has 0 amide bonds. The second-order valence-corrected chi connectivity index (χ2v) is 3.95. The van der Waals surface area contributed by atoms with E-state index in [4.69, 9.17) is 10.5 Å². The summed E-state index contributed by atoms with van der Waals surface area (Å²) in [4.78, 5) is 0. The summed E-state index contributed by atoms with van der Waals surface area (Å²) in [5, 5.41) is 4.36. The molecule has 0 spiro atoms. The largest absolute Gasteiger partial charge is 0.494 e. The fourth-order valence-electron chi connectivity index (χ4n) is 1.75. The number of nitrogens with two attached hydrogens (primary N) is 1. The first-order valence-corrected chi connectivity index (χ1v) is 5.70. The zero-order valence-electron chi connectivity index (χ0n) is 10.2. The van der Waals surface area contributed by atoms with Crippen molar-refractivity contribution in [2.24, 2.45) is 0 Å². The van der Waals surface area contributed by atoms with Gasteiger partial charge in [-0.3, -0.25) is 4.68 Å². The van der Waals surface area contributed by atoms with Crippen molar-refractivity contribution in [3.63, 3.8) is 0 Å². The van der Waals surface area contributed by atoms with Gasteiger partial charge in [0, 0.05) is 17.4 Å². The predicted molar refractivity (Wildman–Crippen MR) is 68.1 cm³/mol. The summed E-state index contributed by atoms with van der Waals surface area (Å²) in [6.45, 7) is 5.26. The molecule has 17 heavy (non-hydrogen) atoms. The molecular formula is C13H17N3O. The second-order valence-electron chi connectivity index (χ2n) is 3.95. The van der Waals surface area contributed by atoms with Crippen LogP contribution in [0.1, 0.15) is 18.2 Å². The molecular weight excluding hydrogens is 214 g/mol. The minimum atomic E-state index is 0.648. The van der Waals surface area contributed by atoms with E-state index in [1.807, 2.05) is 49.0 Å². The second kappa shape index (κ2) is 4.91. The number of anilines is 1. The summed E-state index contributed by atoms with van der Waals surface area (Å²) in [5.74, 6) is 0.870. The summed E-state index contributed by atoms with van der Waals surface area (Å²) in [7, 11) is 0. The first-order valence-electron chi connectivity index (χ1n) is 5.70. The van der Waals surface area contributed by atoms with Gasteiger partial charge in [-0.15, -0.1) is 0 Å². The quantitative estimate of drug-likeness (QED) is 0.821. The van der Waals surface area contributed by atoms with Gasteiger partial charge in [0.05, 0.1) is 18.8 Å². The van der Waals surface area contributed by atoms with Crippen LogP contribution in [0.15, 0.2) is 30.5 Å². The molecule has 0 aliphatic rings. The normalized spacial score (nSPS) is 10.5. The van der Waals surface area contributed by atoms with Gasteiger partial charge >= 0.3 is 0 Å². The van der Waals surface area contributed by atoms with E-state index in [9.17, 15) is 0 Å². The maximum absolute atomic E-state index is 5.80. The number of nitrogens with zero attached hydrogens (tertiary/aromatic N) is 2. The number of benzene rings is 1. The van der Waals surface area contributed by atoms with Crippen LogP contribution in [0, 0.1) is 6.92 Å². The van der Waals surface area contributed by atoms with Gasteiger partial charge in [0.25, 0.3) is 0 Å². The van der Waals surface area contributed by atoms with Gasteiger partial charge < -0.3 is 10.5 Å². The Labute approximate surface area is 101 Å². The Kier molecular flexibility index (Phi) is 3.32. The van der Waals surface area contributed by atoms with E-state index in [0.29, 0.717) is 13.2 Å². The predicted octanol–water partition coefficient (Wildman–Crippen LogP) is 2.22. The molecule has 1 aromatic heterocycles. The molecule has 0 atom stereocenters. The minimum absolute atomic E-state index is 0.648. The lowest BCUT2D eigenvalue weighted by molar-refractivity contribution is 0.335. The van der Waals surface area contributed by atoms with Gasteiger partial charge in [-0.25, -0.2) is 0 Å². The Morgan fingerprint density at radius 2 is 2.18 bits per heavy atom. The number of hydrogen-bond acceptors (Lipinski definition) is 3. The van der Waals surface area contributed by atoms with Gasteiger partial charge in [-0.2, -0.15) is 5.10 Å². The van der Waals surface area contributed by atoms with E-state index >= 15 is 0 Å². The van der Waals surface area contributed by atoms with Crippen molar-refractivity contribution in [1.82, 2.24) is 9.78 Å². The fraction of sp³-hybridized carbons (Fsp3) is 0.308. The third-order valence-corrected chi connectivity index (χ3v) is 2.49. The summed E-state index contributed by atoms with van der Waals surface area (Å²) < 4.78 is 7.46. The smallest absolute Gasteiger partial charge is 0.124 e. The Morgan fingerprint density at radius 3 is 2.82 bits per heavy atom. The highest BCUT2D eigenvalue weighted by Gasteiger charge is 2.05. The van der Waals surface area contributed by atoms with Crippen molar-refractivity contribution in [3.8, 4) is 5.75 Å². The Balaban J connectivity index is 2.26. The average molecular weight is 231 g/mol. The van der Waals surface area contributed by atoms with E-state index < -0.39 is 0 Å². The van der Waals surface area contributed by atoms with Crippen LogP contribution >= 0.6 is 0 Å². The van der Waals surface area contributed by atoms with Crippen LogP contribution in [0.25, 0.3) is 0 Å².